The van der Waals surface area contributed by atoms with Gasteiger partial charge in [0.25, 0.3) is 0 Å². The van der Waals surface area contributed by atoms with E-state index in [9.17, 15) is 22.1 Å². The van der Waals surface area contributed by atoms with Gasteiger partial charge in [-0.15, -0.1) is 0 Å². The zero-order valence-electron chi connectivity index (χ0n) is 15.6. The number of nitrogen functional groups attached to an aromatic ring is 1. The van der Waals surface area contributed by atoms with Crippen LogP contribution < -0.4 is 5.73 Å². The Balaban J connectivity index is 1.83. The number of halogens is 4. The number of imidazole rings is 1. The molecule has 2 aromatic heterocycles. The predicted octanol–water partition coefficient (Wildman–Crippen LogP) is 3.28. The lowest BCUT2D eigenvalue weighted by Crippen LogP contribution is -2.29. The van der Waals surface area contributed by atoms with Gasteiger partial charge in [0.05, 0.1) is 26.1 Å². The summed E-state index contributed by atoms with van der Waals surface area (Å²) in [6.07, 6.45) is -4.51. The van der Waals surface area contributed by atoms with Crippen molar-refractivity contribution in [2.24, 2.45) is 5.92 Å². The first-order chi connectivity index (χ1) is 13.6. The summed E-state index contributed by atoms with van der Waals surface area (Å²) in [5.41, 5.74) is 1.52. The first kappa shape index (κ1) is 21.9. The van der Waals surface area contributed by atoms with Gasteiger partial charge in [0.15, 0.2) is 29.4 Å². The number of hydrogen-bond donors (Lipinski definition) is 1. The average Bonchev–Trinajstić information content (AvgIpc) is 3.19. The molecule has 0 amide bonds. The van der Waals surface area contributed by atoms with E-state index in [-0.39, 0.29) is 30.2 Å². The Bertz CT molecular complexity index is 919. The van der Waals surface area contributed by atoms with E-state index in [1.807, 2.05) is 0 Å². The number of nitrogens with zero attached hydrogens (tertiary/aromatic N) is 4. The van der Waals surface area contributed by atoms with Gasteiger partial charge < -0.3 is 19.5 Å². The fraction of sp³-hybridized carbons (Fsp3) is 0.667. The second kappa shape index (κ2) is 8.13. The van der Waals surface area contributed by atoms with Crippen molar-refractivity contribution in [3.8, 4) is 0 Å². The summed E-state index contributed by atoms with van der Waals surface area (Å²) in [5.74, 6) is -1.58. The van der Waals surface area contributed by atoms with E-state index in [1.54, 1.807) is 0 Å². The molecule has 0 spiro atoms. The predicted molar refractivity (Wildman–Crippen MR) is 93.5 cm³/mol. The lowest BCUT2D eigenvalue weighted by molar-refractivity contribution is 0.00950. The van der Waals surface area contributed by atoms with Gasteiger partial charge in [0, 0.05) is 12.3 Å². The van der Waals surface area contributed by atoms with Crippen molar-refractivity contribution in [3.05, 3.63) is 12.4 Å². The molecule has 0 saturated carbocycles. The van der Waals surface area contributed by atoms with Crippen LogP contribution in [-0.4, -0.2) is 51.2 Å². The van der Waals surface area contributed by atoms with E-state index in [0.717, 1.165) is 10.9 Å². The number of ether oxygens (including phenoxy) is 1. The minimum absolute atomic E-state index is 0.0215. The van der Waals surface area contributed by atoms with Crippen LogP contribution in [0.15, 0.2) is 6.33 Å². The Morgan fingerprint density at radius 2 is 2.00 bits per heavy atom. The molecule has 14 heteroatoms. The average molecular weight is 441 g/mol. The molecule has 162 valence electrons. The first-order valence-electron chi connectivity index (χ1n) is 8.81. The van der Waals surface area contributed by atoms with E-state index < -0.39 is 50.7 Å². The highest BCUT2D eigenvalue weighted by molar-refractivity contribution is 7.55. The number of fused-ring (bicyclic) bond motifs is 1. The van der Waals surface area contributed by atoms with Crippen LogP contribution in [-0.2, 0) is 18.3 Å². The number of rotatable bonds is 8. The molecular formula is C15H20F4N5O4P. The topological polar surface area (TPSA) is 114 Å². The van der Waals surface area contributed by atoms with Crippen molar-refractivity contribution in [2.75, 3.05) is 25.6 Å². The van der Waals surface area contributed by atoms with E-state index in [4.69, 9.17) is 19.5 Å². The number of alkyl halides is 3. The summed E-state index contributed by atoms with van der Waals surface area (Å²) in [4.78, 5) is 10.7. The van der Waals surface area contributed by atoms with Crippen LogP contribution in [0.25, 0.3) is 11.2 Å². The number of hydrogen-bond acceptors (Lipinski definition) is 8. The fourth-order valence-electron chi connectivity index (χ4n) is 3.13. The summed E-state index contributed by atoms with van der Waals surface area (Å²) in [6.45, 7) is 1.87. The van der Waals surface area contributed by atoms with E-state index in [2.05, 4.69) is 15.0 Å². The van der Waals surface area contributed by atoms with Gasteiger partial charge in [0.1, 0.15) is 0 Å². The zero-order valence-corrected chi connectivity index (χ0v) is 16.5. The molecule has 3 heterocycles. The monoisotopic (exact) mass is 441 g/mol. The smallest absolute Gasteiger partial charge is 0.382 e. The van der Waals surface area contributed by atoms with Crippen molar-refractivity contribution >= 4 is 24.6 Å². The second-order valence-electron chi connectivity index (χ2n) is 6.33. The maximum atomic E-state index is 15.0. The van der Waals surface area contributed by atoms with Gasteiger partial charge in [-0.3, -0.25) is 9.13 Å². The van der Waals surface area contributed by atoms with Gasteiger partial charge in [-0.05, 0) is 13.8 Å². The normalized spacial score (nSPS) is 23.2. The van der Waals surface area contributed by atoms with E-state index >= 15 is 0 Å². The molecule has 1 fully saturated rings. The van der Waals surface area contributed by atoms with Crippen molar-refractivity contribution in [2.45, 2.75) is 38.3 Å². The van der Waals surface area contributed by atoms with Crippen molar-refractivity contribution < 1.29 is 35.9 Å². The third kappa shape index (κ3) is 3.96. The summed E-state index contributed by atoms with van der Waals surface area (Å²) in [5, 5.41) is 0. The standard InChI is InChI=1S/C15H20F4N5O4P/c1-3-27-29(25,28-4-2)15(18,19)5-8-6-26-13(9(8)16)24-7-21-10-11(20)22-14(17)23-12(10)24/h7-9,13H,3-6H2,1-2H3,(H2,20,22,23)/t8-,9-,13+/m0/s1. The SMILES string of the molecule is CCOP(=O)(OCC)C(F)(F)C[C@H]1CO[C@@H](n2cnc3c(N)nc(F)nc32)[C@H]1F. The highest BCUT2D eigenvalue weighted by Crippen LogP contribution is 2.64. The largest absolute Gasteiger partial charge is 0.399 e. The van der Waals surface area contributed by atoms with Crippen LogP contribution in [0.5, 0.6) is 0 Å². The van der Waals surface area contributed by atoms with Crippen molar-refractivity contribution in [1.82, 2.24) is 19.5 Å². The molecule has 0 bridgehead atoms. The maximum Gasteiger partial charge on any atom is 0.399 e. The van der Waals surface area contributed by atoms with Crippen molar-refractivity contribution in [1.29, 1.82) is 0 Å². The highest BCUT2D eigenvalue weighted by Gasteiger charge is 2.56. The molecule has 29 heavy (non-hydrogen) atoms. The van der Waals surface area contributed by atoms with Gasteiger partial charge >= 0.3 is 19.3 Å². The second-order valence-corrected chi connectivity index (χ2v) is 8.50. The highest BCUT2D eigenvalue weighted by atomic mass is 31.2. The molecule has 1 aliphatic rings. The zero-order chi connectivity index (χ0) is 21.4. The molecule has 1 saturated heterocycles. The fourth-order valence-corrected chi connectivity index (χ4v) is 4.72. The Hall–Kier alpha value is -1.82. The van der Waals surface area contributed by atoms with Crippen LogP contribution in [0.4, 0.5) is 23.4 Å². The van der Waals surface area contributed by atoms with Gasteiger partial charge in [-0.1, -0.05) is 0 Å². The van der Waals surface area contributed by atoms with Crippen LogP contribution in [0.1, 0.15) is 26.5 Å². The molecule has 0 aliphatic carbocycles. The molecule has 0 unspecified atom stereocenters. The maximum absolute atomic E-state index is 15.0. The lowest BCUT2D eigenvalue weighted by Gasteiger charge is -2.28. The van der Waals surface area contributed by atoms with Crippen molar-refractivity contribution in [3.63, 3.8) is 0 Å². The minimum Gasteiger partial charge on any atom is -0.382 e. The summed E-state index contributed by atoms with van der Waals surface area (Å²) in [7, 11) is -4.79. The molecule has 2 aromatic rings. The Morgan fingerprint density at radius 3 is 2.62 bits per heavy atom. The molecule has 9 nitrogen and oxygen atoms in total. The third-order valence-corrected chi connectivity index (χ3v) is 6.59. The molecule has 3 atom stereocenters. The first-order valence-corrected chi connectivity index (χ1v) is 10.4. The lowest BCUT2D eigenvalue weighted by atomic mass is 10.0. The van der Waals surface area contributed by atoms with Crippen LogP contribution in [0.2, 0.25) is 0 Å². The van der Waals surface area contributed by atoms with Gasteiger partial charge in [0.2, 0.25) is 0 Å². The third-order valence-electron chi connectivity index (χ3n) is 4.41. The Morgan fingerprint density at radius 1 is 1.34 bits per heavy atom. The van der Waals surface area contributed by atoms with Gasteiger partial charge in [-0.2, -0.15) is 23.1 Å². The number of nitrogens with two attached hydrogens (primary N) is 1. The molecule has 2 N–H and O–H groups in total. The van der Waals surface area contributed by atoms with Crippen LogP contribution >= 0.6 is 7.60 Å². The van der Waals surface area contributed by atoms with Gasteiger partial charge in [-0.25, -0.2) is 9.37 Å². The summed E-state index contributed by atoms with van der Waals surface area (Å²) in [6, 6.07) is 0. The molecule has 1 aliphatic heterocycles. The minimum atomic E-state index is -4.79. The molecular weight excluding hydrogens is 421 g/mol. The molecule has 3 rings (SSSR count). The van der Waals surface area contributed by atoms with E-state index in [1.165, 1.54) is 13.8 Å². The molecule has 0 radical (unpaired) electrons. The number of aromatic nitrogens is 4. The molecule has 0 aromatic carbocycles. The van der Waals surface area contributed by atoms with Crippen LogP contribution in [0, 0.1) is 12.0 Å². The Labute approximate surface area is 163 Å². The number of anilines is 1. The summed E-state index contributed by atoms with van der Waals surface area (Å²) >= 11 is 0. The summed E-state index contributed by atoms with van der Waals surface area (Å²) < 4.78 is 86.0. The van der Waals surface area contributed by atoms with Crippen LogP contribution in [0.3, 0.4) is 0 Å². The quantitative estimate of drug-likeness (QED) is 0.377. The van der Waals surface area contributed by atoms with E-state index in [0.29, 0.717) is 0 Å². The Kier molecular flexibility index (Phi) is 6.13.